The minimum absolute atomic E-state index is 0.273. The largest absolute Gasteiger partial charge is 0.337 e. The lowest BCUT2D eigenvalue weighted by Crippen LogP contribution is -2.23. The maximum Gasteiger partial charge on any atom is 0.125 e. The van der Waals surface area contributed by atoms with Crippen molar-refractivity contribution in [2.45, 2.75) is 26.3 Å². The highest BCUT2D eigenvalue weighted by Gasteiger charge is 2.09. The zero-order valence-electron chi connectivity index (χ0n) is 10.5. The van der Waals surface area contributed by atoms with E-state index >= 15 is 0 Å². The molecule has 1 atom stereocenters. The molecule has 0 fully saturated rings. The van der Waals surface area contributed by atoms with E-state index in [0.29, 0.717) is 0 Å². The van der Waals surface area contributed by atoms with E-state index in [9.17, 15) is 0 Å². The van der Waals surface area contributed by atoms with E-state index in [1.165, 1.54) is 5.69 Å². The Morgan fingerprint density at radius 2 is 2.35 bits per heavy atom. The molecule has 0 bridgehead atoms. The van der Waals surface area contributed by atoms with E-state index in [1.807, 2.05) is 30.9 Å². The number of nitrogens with zero attached hydrogens (tertiary/aromatic N) is 3. The van der Waals surface area contributed by atoms with Gasteiger partial charge in [0.05, 0.1) is 16.7 Å². The second-order valence-electron chi connectivity index (χ2n) is 4.18. The van der Waals surface area contributed by atoms with E-state index in [2.05, 4.69) is 27.6 Å². The highest BCUT2D eigenvalue weighted by molar-refractivity contribution is 7.09. The van der Waals surface area contributed by atoms with Gasteiger partial charge in [-0.3, -0.25) is 0 Å². The number of aromatic nitrogens is 3. The molecule has 0 amide bonds. The van der Waals surface area contributed by atoms with Gasteiger partial charge >= 0.3 is 0 Å². The average Bonchev–Trinajstić information content (AvgIpc) is 2.87. The van der Waals surface area contributed by atoms with E-state index in [4.69, 9.17) is 0 Å². The standard InChI is InChI=1S/C12H18N4S/c1-9(12-14-6-7-16(12)3)13-5-4-11-8-17-10(2)15-11/h6-9,13H,4-5H2,1-3H3. The van der Waals surface area contributed by atoms with Crippen LogP contribution in [-0.4, -0.2) is 21.1 Å². The van der Waals surface area contributed by atoms with Crippen LogP contribution >= 0.6 is 11.3 Å². The number of hydrogen-bond acceptors (Lipinski definition) is 4. The van der Waals surface area contributed by atoms with Crippen molar-refractivity contribution in [3.63, 3.8) is 0 Å². The van der Waals surface area contributed by atoms with Gasteiger partial charge in [0, 0.05) is 37.8 Å². The summed E-state index contributed by atoms with van der Waals surface area (Å²) in [6.45, 7) is 5.10. The summed E-state index contributed by atoms with van der Waals surface area (Å²) in [4.78, 5) is 8.78. The molecule has 1 unspecified atom stereocenters. The average molecular weight is 250 g/mol. The Labute approximate surface area is 106 Å². The fourth-order valence-corrected chi connectivity index (χ4v) is 2.47. The first kappa shape index (κ1) is 12.3. The third-order valence-electron chi connectivity index (χ3n) is 2.74. The number of imidazole rings is 1. The van der Waals surface area contributed by atoms with Gasteiger partial charge in [-0.05, 0) is 13.8 Å². The smallest absolute Gasteiger partial charge is 0.125 e. The van der Waals surface area contributed by atoms with Crippen molar-refractivity contribution >= 4 is 11.3 Å². The van der Waals surface area contributed by atoms with Gasteiger partial charge in [0.25, 0.3) is 0 Å². The third kappa shape index (κ3) is 3.14. The molecule has 0 aliphatic carbocycles. The zero-order valence-corrected chi connectivity index (χ0v) is 11.3. The van der Waals surface area contributed by atoms with Crippen LogP contribution in [0.2, 0.25) is 0 Å². The molecule has 4 nitrogen and oxygen atoms in total. The monoisotopic (exact) mass is 250 g/mol. The Balaban J connectivity index is 1.81. The van der Waals surface area contributed by atoms with Crippen LogP contribution in [0.15, 0.2) is 17.8 Å². The first-order valence-electron chi connectivity index (χ1n) is 5.78. The zero-order chi connectivity index (χ0) is 12.3. The number of aryl methyl sites for hydroxylation is 2. The van der Waals surface area contributed by atoms with Gasteiger partial charge in [-0.25, -0.2) is 9.97 Å². The highest BCUT2D eigenvalue weighted by atomic mass is 32.1. The Morgan fingerprint density at radius 1 is 1.53 bits per heavy atom. The van der Waals surface area contributed by atoms with Gasteiger partial charge in [0.1, 0.15) is 5.82 Å². The van der Waals surface area contributed by atoms with Crippen molar-refractivity contribution in [3.05, 3.63) is 34.3 Å². The second-order valence-corrected chi connectivity index (χ2v) is 5.24. The maximum absolute atomic E-state index is 4.45. The predicted molar refractivity (Wildman–Crippen MR) is 70.2 cm³/mol. The summed E-state index contributed by atoms with van der Waals surface area (Å²) in [6.07, 6.45) is 4.77. The molecule has 2 aromatic heterocycles. The molecule has 5 heteroatoms. The molecular formula is C12H18N4S. The first-order valence-corrected chi connectivity index (χ1v) is 6.66. The Bertz CT molecular complexity index is 474. The number of thiazole rings is 1. The van der Waals surface area contributed by atoms with Crippen LogP contribution in [0.1, 0.15) is 29.5 Å². The molecule has 0 radical (unpaired) electrons. The molecule has 2 aromatic rings. The highest BCUT2D eigenvalue weighted by Crippen LogP contribution is 2.10. The first-order chi connectivity index (χ1) is 8.16. The molecule has 1 N–H and O–H groups in total. The summed E-state index contributed by atoms with van der Waals surface area (Å²) in [5.41, 5.74) is 1.17. The van der Waals surface area contributed by atoms with Gasteiger partial charge in [0.15, 0.2) is 0 Å². The lowest BCUT2D eigenvalue weighted by Gasteiger charge is -2.12. The summed E-state index contributed by atoms with van der Waals surface area (Å²) in [5, 5.41) is 6.73. The quantitative estimate of drug-likeness (QED) is 0.883. The molecule has 0 aromatic carbocycles. The summed E-state index contributed by atoms with van der Waals surface area (Å²) in [5.74, 6) is 1.07. The minimum Gasteiger partial charge on any atom is -0.337 e. The molecule has 0 spiro atoms. The van der Waals surface area contributed by atoms with Gasteiger partial charge in [-0.1, -0.05) is 0 Å². The molecule has 0 saturated heterocycles. The molecule has 92 valence electrons. The fraction of sp³-hybridized carbons (Fsp3) is 0.500. The van der Waals surface area contributed by atoms with Crippen molar-refractivity contribution in [2.24, 2.45) is 7.05 Å². The van der Waals surface area contributed by atoms with Crippen LogP contribution in [0.5, 0.6) is 0 Å². The summed E-state index contributed by atoms with van der Waals surface area (Å²) >= 11 is 1.71. The van der Waals surface area contributed by atoms with Gasteiger partial charge in [-0.15, -0.1) is 11.3 Å². The fourth-order valence-electron chi connectivity index (χ4n) is 1.83. The predicted octanol–water partition coefficient (Wildman–Crippen LogP) is 2.08. The van der Waals surface area contributed by atoms with Crippen LogP contribution < -0.4 is 5.32 Å². The van der Waals surface area contributed by atoms with Gasteiger partial charge < -0.3 is 9.88 Å². The van der Waals surface area contributed by atoms with Crippen molar-refractivity contribution < 1.29 is 0 Å². The van der Waals surface area contributed by atoms with E-state index in [1.54, 1.807) is 11.3 Å². The Kier molecular flexibility index (Phi) is 3.91. The molecular weight excluding hydrogens is 232 g/mol. The summed E-state index contributed by atoms with van der Waals surface area (Å²) in [7, 11) is 2.02. The van der Waals surface area contributed by atoms with Crippen molar-refractivity contribution in [3.8, 4) is 0 Å². The van der Waals surface area contributed by atoms with Crippen LogP contribution in [0, 0.1) is 6.92 Å². The van der Waals surface area contributed by atoms with Crippen molar-refractivity contribution in [2.75, 3.05) is 6.54 Å². The molecule has 0 saturated carbocycles. The van der Waals surface area contributed by atoms with Crippen LogP contribution in [0.4, 0.5) is 0 Å². The molecule has 2 rings (SSSR count). The Hall–Kier alpha value is -1.20. The molecule has 17 heavy (non-hydrogen) atoms. The summed E-state index contributed by atoms with van der Waals surface area (Å²) < 4.78 is 2.05. The number of nitrogens with one attached hydrogen (secondary N) is 1. The van der Waals surface area contributed by atoms with E-state index in [-0.39, 0.29) is 6.04 Å². The SMILES string of the molecule is Cc1nc(CCNC(C)c2nccn2C)cs1. The van der Waals surface area contributed by atoms with Crippen molar-refractivity contribution in [1.29, 1.82) is 0 Å². The lowest BCUT2D eigenvalue weighted by molar-refractivity contribution is 0.531. The number of rotatable bonds is 5. The van der Waals surface area contributed by atoms with Crippen molar-refractivity contribution in [1.82, 2.24) is 19.9 Å². The molecule has 2 heterocycles. The second kappa shape index (κ2) is 5.42. The lowest BCUT2D eigenvalue weighted by atomic mass is 10.3. The van der Waals surface area contributed by atoms with E-state index in [0.717, 1.165) is 23.8 Å². The third-order valence-corrected chi connectivity index (χ3v) is 3.57. The van der Waals surface area contributed by atoms with Gasteiger partial charge in [-0.2, -0.15) is 0 Å². The van der Waals surface area contributed by atoms with Crippen LogP contribution in [0.25, 0.3) is 0 Å². The molecule has 0 aliphatic rings. The van der Waals surface area contributed by atoms with Crippen LogP contribution in [0.3, 0.4) is 0 Å². The van der Waals surface area contributed by atoms with E-state index < -0.39 is 0 Å². The minimum atomic E-state index is 0.273. The maximum atomic E-state index is 4.45. The number of hydrogen-bond donors (Lipinski definition) is 1. The summed E-state index contributed by atoms with van der Waals surface area (Å²) in [6, 6.07) is 0.273. The van der Waals surface area contributed by atoms with Gasteiger partial charge in [0.2, 0.25) is 0 Å². The molecule has 0 aliphatic heterocycles. The normalized spacial score (nSPS) is 12.9. The van der Waals surface area contributed by atoms with Crippen LogP contribution in [-0.2, 0) is 13.5 Å². The topological polar surface area (TPSA) is 42.7 Å². The Morgan fingerprint density at radius 3 is 2.94 bits per heavy atom.